The summed E-state index contributed by atoms with van der Waals surface area (Å²) in [7, 11) is 0. The van der Waals surface area contributed by atoms with E-state index >= 15 is 0 Å². The van der Waals surface area contributed by atoms with Crippen molar-refractivity contribution < 1.29 is 34.5 Å². The molecule has 0 aromatic heterocycles. The molecule has 6 N–H and O–H groups in total. The largest absolute Gasteiger partial charge is 0.478 e. The van der Waals surface area contributed by atoms with E-state index in [1.807, 2.05) is 13.8 Å². The minimum absolute atomic E-state index is 0.0716. The highest BCUT2D eigenvalue weighted by Crippen LogP contribution is 2.24. The molecule has 1 unspecified atom stereocenters. The van der Waals surface area contributed by atoms with Crippen molar-refractivity contribution in [3.63, 3.8) is 0 Å². The summed E-state index contributed by atoms with van der Waals surface area (Å²) in [5, 5.41) is 38.5. The lowest BCUT2D eigenvalue weighted by atomic mass is 9.96. The molecule has 2 rings (SSSR count). The van der Waals surface area contributed by atoms with E-state index in [9.17, 15) is 29.4 Å². The topological polar surface area (TPSA) is 165 Å². The third-order valence-electron chi connectivity index (χ3n) is 6.29. The zero-order valence-corrected chi connectivity index (χ0v) is 24.6. The van der Waals surface area contributed by atoms with Gasteiger partial charge in [-0.1, -0.05) is 74.0 Å². The molecule has 0 bridgehead atoms. The van der Waals surface area contributed by atoms with Crippen molar-refractivity contribution in [1.29, 1.82) is 0 Å². The van der Waals surface area contributed by atoms with Crippen molar-refractivity contribution in [2.45, 2.75) is 71.4 Å². The number of hydrogen-bond donors (Lipinski definition) is 6. The second-order valence-corrected chi connectivity index (χ2v) is 11.3. The Morgan fingerprint density at radius 2 is 1.50 bits per heavy atom. The molecule has 3 amide bonds. The monoisotopic (exact) mass is 619 g/mol. The molecule has 0 saturated heterocycles. The standard InChI is InChI=1S/C29H38BrN3O7/c1-16(2)13-22(32-28(38)26(36)20-7-5-6-8-21(20)30)23(34)14-24(35)33-25(17(3)4)27(37)31-15-18-9-11-19(12-10-18)29(39)40/h5-12,16-17,22-23,25-26,34,36H,13-15H2,1-4H3,(H,31,37)(H,32,38)(H,33,35)(H,39,40)/t22-,23-,25-,26?/m0/s1. The number of aromatic carboxylic acids is 1. The van der Waals surface area contributed by atoms with Gasteiger partial charge in [0.25, 0.3) is 5.91 Å². The van der Waals surface area contributed by atoms with Crippen molar-refractivity contribution in [2.75, 3.05) is 0 Å². The molecular weight excluding hydrogens is 582 g/mol. The molecule has 0 heterocycles. The van der Waals surface area contributed by atoms with Crippen LogP contribution in [0.15, 0.2) is 53.0 Å². The number of aliphatic hydroxyl groups is 2. The number of carbonyl (C=O) groups is 4. The van der Waals surface area contributed by atoms with Crippen LogP contribution in [0.3, 0.4) is 0 Å². The lowest BCUT2D eigenvalue weighted by molar-refractivity contribution is -0.133. The maximum absolute atomic E-state index is 12.8. The van der Waals surface area contributed by atoms with Gasteiger partial charge in [0.2, 0.25) is 11.8 Å². The fourth-order valence-electron chi connectivity index (χ4n) is 4.08. The number of amides is 3. The van der Waals surface area contributed by atoms with E-state index < -0.39 is 48.0 Å². The summed E-state index contributed by atoms with van der Waals surface area (Å²) in [6.45, 7) is 7.50. The predicted molar refractivity (Wildman–Crippen MR) is 153 cm³/mol. The molecule has 2 aromatic rings. The SMILES string of the molecule is CC(C)C[C@H](NC(=O)C(O)c1ccccc1Br)[C@@H](O)CC(=O)N[C@H](C(=O)NCc1ccc(C(=O)O)cc1)C(C)C. The molecule has 0 spiro atoms. The minimum Gasteiger partial charge on any atom is -0.478 e. The minimum atomic E-state index is -1.47. The molecular formula is C29H38BrN3O7. The van der Waals surface area contributed by atoms with Gasteiger partial charge < -0.3 is 31.3 Å². The Morgan fingerprint density at radius 3 is 2.05 bits per heavy atom. The summed E-state index contributed by atoms with van der Waals surface area (Å²) in [4.78, 5) is 49.5. The summed E-state index contributed by atoms with van der Waals surface area (Å²) in [6, 6.07) is 11.1. The molecule has 0 saturated carbocycles. The van der Waals surface area contributed by atoms with E-state index in [1.165, 1.54) is 12.1 Å². The molecule has 0 aliphatic carbocycles. The van der Waals surface area contributed by atoms with E-state index in [4.69, 9.17) is 5.11 Å². The highest BCUT2D eigenvalue weighted by Gasteiger charge is 2.30. The van der Waals surface area contributed by atoms with Crippen LogP contribution >= 0.6 is 15.9 Å². The molecule has 11 heteroatoms. The molecule has 218 valence electrons. The van der Waals surface area contributed by atoms with Gasteiger partial charge in [-0.3, -0.25) is 14.4 Å². The fourth-order valence-corrected chi connectivity index (χ4v) is 4.59. The number of rotatable bonds is 14. The van der Waals surface area contributed by atoms with E-state index in [2.05, 4.69) is 31.9 Å². The van der Waals surface area contributed by atoms with E-state index in [1.54, 1.807) is 50.2 Å². The van der Waals surface area contributed by atoms with Gasteiger partial charge in [0.15, 0.2) is 6.10 Å². The normalized spacial score (nSPS) is 14.2. The summed E-state index contributed by atoms with van der Waals surface area (Å²) in [6.07, 6.45) is -2.74. The van der Waals surface area contributed by atoms with Gasteiger partial charge in [0, 0.05) is 16.6 Å². The van der Waals surface area contributed by atoms with Gasteiger partial charge in [0.05, 0.1) is 24.1 Å². The van der Waals surface area contributed by atoms with E-state index in [0.717, 1.165) is 0 Å². The number of hydrogen-bond acceptors (Lipinski definition) is 6. The average molecular weight is 621 g/mol. The van der Waals surface area contributed by atoms with Crippen molar-refractivity contribution in [1.82, 2.24) is 16.0 Å². The number of carboxylic acids is 1. The molecule has 0 aliphatic heterocycles. The first-order valence-electron chi connectivity index (χ1n) is 13.1. The van der Waals surface area contributed by atoms with Crippen molar-refractivity contribution in [2.24, 2.45) is 11.8 Å². The molecule has 40 heavy (non-hydrogen) atoms. The fraction of sp³-hybridized carbons (Fsp3) is 0.448. The van der Waals surface area contributed by atoms with Crippen LogP contribution in [0.5, 0.6) is 0 Å². The van der Waals surface area contributed by atoms with Crippen LogP contribution in [-0.4, -0.2) is 57.2 Å². The van der Waals surface area contributed by atoms with Crippen LogP contribution in [0.4, 0.5) is 0 Å². The highest BCUT2D eigenvalue weighted by atomic mass is 79.9. The third kappa shape index (κ3) is 10.0. The number of carbonyl (C=O) groups excluding carboxylic acids is 3. The van der Waals surface area contributed by atoms with Crippen LogP contribution in [-0.2, 0) is 20.9 Å². The van der Waals surface area contributed by atoms with E-state index in [0.29, 0.717) is 22.0 Å². The molecule has 10 nitrogen and oxygen atoms in total. The van der Waals surface area contributed by atoms with Crippen LogP contribution < -0.4 is 16.0 Å². The maximum Gasteiger partial charge on any atom is 0.335 e. The Labute approximate surface area is 242 Å². The van der Waals surface area contributed by atoms with E-state index in [-0.39, 0.29) is 30.4 Å². The first-order chi connectivity index (χ1) is 18.8. The van der Waals surface area contributed by atoms with Crippen LogP contribution in [0.2, 0.25) is 0 Å². The highest BCUT2D eigenvalue weighted by molar-refractivity contribution is 9.10. The van der Waals surface area contributed by atoms with Crippen LogP contribution in [0, 0.1) is 11.8 Å². The molecule has 0 aliphatic rings. The summed E-state index contributed by atoms with van der Waals surface area (Å²) in [5.74, 6) is -2.93. The zero-order chi connectivity index (χ0) is 30.0. The van der Waals surface area contributed by atoms with Crippen molar-refractivity contribution in [3.8, 4) is 0 Å². The van der Waals surface area contributed by atoms with Crippen molar-refractivity contribution in [3.05, 3.63) is 69.7 Å². The van der Waals surface area contributed by atoms with Crippen LogP contribution in [0.1, 0.15) is 68.1 Å². The first-order valence-corrected chi connectivity index (χ1v) is 13.9. The Hall–Kier alpha value is -3.28. The Bertz CT molecular complexity index is 1170. The lowest BCUT2D eigenvalue weighted by Crippen LogP contribution is -2.52. The second kappa shape index (κ2) is 15.5. The molecule has 0 radical (unpaired) electrons. The number of aliphatic hydroxyl groups excluding tert-OH is 2. The molecule has 0 fully saturated rings. The first kappa shape index (κ1) is 32.9. The van der Waals surface area contributed by atoms with Crippen molar-refractivity contribution >= 4 is 39.6 Å². The Morgan fingerprint density at radius 1 is 0.875 bits per heavy atom. The smallest absolute Gasteiger partial charge is 0.335 e. The maximum atomic E-state index is 12.8. The average Bonchev–Trinajstić information content (AvgIpc) is 2.89. The quantitative estimate of drug-likeness (QED) is 0.189. The summed E-state index contributed by atoms with van der Waals surface area (Å²) < 4.78 is 0.563. The number of nitrogens with one attached hydrogen (secondary N) is 3. The number of benzene rings is 2. The van der Waals surface area contributed by atoms with Gasteiger partial charge in [-0.05, 0) is 42.0 Å². The van der Waals surface area contributed by atoms with Gasteiger partial charge in [-0.25, -0.2) is 4.79 Å². The zero-order valence-electron chi connectivity index (χ0n) is 23.1. The Balaban J connectivity index is 2.00. The third-order valence-corrected chi connectivity index (χ3v) is 7.02. The van der Waals surface area contributed by atoms with Gasteiger partial charge in [-0.15, -0.1) is 0 Å². The summed E-state index contributed by atoms with van der Waals surface area (Å²) in [5.41, 5.74) is 1.20. The molecule has 4 atom stereocenters. The predicted octanol–water partition coefficient (Wildman–Crippen LogP) is 2.92. The second-order valence-electron chi connectivity index (χ2n) is 10.4. The molecule has 2 aromatic carbocycles. The van der Waals surface area contributed by atoms with Gasteiger partial charge in [-0.2, -0.15) is 0 Å². The van der Waals surface area contributed by atoms with Gasteiger partial charge >= 0.3 is 5.97 Å². The Kier molecular flexibility index (Phi) is 12.8. The lowest BCUT2D eigenvalue weighted by Gasteiger charge is -2.28. The van der Waals surface area contributed by atoms with Crippen LogP contribution in [0.25, 0.3) is 0 Å². The summed E-state index contributed by atoms with van der Waals surface area (Å²) >= 11 is 3.32. The number of halogens is 1. The van der Waals surface area contributed by atoms with Gasteiger partial charge in [0.1, 0.15) is 6.04 Å². The number of carboxylic acid groups (broad SMARTS) is 1.